The second-order valence-corrected chi connectivity index (χ2v) is 8.02. The molecule has 2 heteroatoms. The molecule has 0 saturated carbocycles. The Morgan fingerprint density at radius 3 is 2.67 bits per heavy atom. The van der Waals surface area contributed by atoms with Crippen LogP contribution in [0.15, 0.2) is 54.6 Å². The summed E-state index contributed by atoms with van der Waals surface area (Å²) >= 11 is 0. The van der Waals surface area contributed by atoms with E-state index in [0.29, 0.717) is 6.04 Å². The van der Waals surface area contributed by atoms with Crippen LogP contribution in [0.4, 0.5) is 0 Å². The van der Waals surface area contributed by atoms with Crippen LogP contribution in [-0.2, 0) is 12.8 Å². The lowest BCUT2D eigenvalue weighted by Crippen LogP contribution is -2.21. The molecule has 2 heterocycles. The highest BCUT2D eigenvalue weighted by Gasteiger charge is 2.23. The maximum absolute atomic E-state index is 3.52. The van der Waals surface area contributed by atoms with Crippen molar-refractivity contribution in [2.24, 2.45) is 0 Å². The van der Waals surface area contributed by atoms with Gasteiger partial charge in [0.1, 0.15) is 0 Å². The molecule has 1 N–H and O–H groups in total. The van der Waals surface area contributed by atoms with Crippen molar-refractivity contribution in [3.05, 3.63) is 77.0 Å². The lowest BCUT2D eigenvalue weighted by molar-refractivity contribution is 0.584. The minimum absolute atomic E-state index is 0.372. The second kappa shape index (κ2) is 7.01. The minimum atomic E-state index is 0.372. The summed E-state index contributed by atoms with van der Waals surface area (Å²) in [6.07, 6.45) is 8.61. The molecule has 0 spiro atoms. The SMILES string of the molecule is C[C@H](c1ccccc1)n1c2c(c3cc(C4=CCCNC4)ccc31)CCCC2. The Morgan fingerprint density at radius 1 is 1.00 bits per heavy atom. The molecule has 1 aliphatic heterocycles. The van der Waals surface area contributed by atoms with E-state index in [4.69, 9.17) is 0 Å². The van der Waals surface area contributed by atoms with Crippen molar-refractivity contribution in [1.82, 2.24) is 9.88 Å². The molecule has 1 aliphatic carbocycles. The summed E-state index contributed by atoms with van der Waals surface area (Å²) in [5, 5.41) is 5.00. The van der Waals surface area contributed by atoms with Gasteiger partial charge in [-0.1, -0.05) is 42.5 Å². The highest BCUT2D eigenvalue weighted by molar-refractivity contribution is 5.89. The molecular weight excluding hydrogens is 328 g/mol. The molecule has 2 aromatic carbocycles. The fraction of sp³-hybridized carbons (Fsp3) is 0.360. The third-order valence-electron chi connectivity index (χ3n) is 6.38. The van der Waals surface area contributed by atoms with Crippen LogP contribution in [0, 0.1) is 0 Å². The predicted molar refractivity (Wildman–Crippen MR) is 114 cm³/mol. The van der Waals surface area contributed by atoms with Gasteiger partial charge in [0.05, 0.1) is 6.04 Å². The Bertz CT molecular complexity index is 994. The van der Waals surface area contributed by atoms with Gasteiger partial charge in [-0.25, -0.2) is 0 Å². The van der Waals surface area contributed by atoms with Crippen LogP contribution in [0.2, 0.25) is 0 Å². The zero-order valence-electron chi connectivity index (χ0n) is 16.2. The van der Waals surface area contributed by atoms with Crippen LogP contribution in [0.5, 0.6) is 0 Å². The maximum Gasteiger partial charge on any atom is 0.0560 e. The van der Waals surface area contributed by atoms with Crippen molar-refractivity contribution >= 4 is 16.5 Å². The van der Waals surface area contributed by atoms with Gasteiger partial charge < -0.3 is 9.88 Å². The Morgan fingerprint density at radius 2 is 1.85 bits per heavy atom. The van der Waals surface area contributed by atoms with E-state index in [1.165, 1.54) is 53.3 Å². The van der Waals surface area contributed by atoms with Gasteiger partial charge in [-0.3, -0.25) is 0 Å². The van der Waals surface area contributed by atoms with E-state index in [-0.39, 0.29) is 0 Å². The van der Waals surface area contributed by atoms with E-state index in [1.807, 2.05) is 0 Å². The normalized spacial score (nSPS) is 18.2. The van der Waals surface area contributed by atoms with Crippen molar-refractivity contribution in [1.29, 1.82) is 0 Å². The number of aryl methyl sites for hydroxylation is 1. The van der Waals surface area contributed by atoms with Gasteiger partial charge in [0.15, 0.2) is 0 Å². The van der Waals surface area contributed by atoms with Gasteiger partial charge in [0.25, 0.3) is 0 Å². The molecule has 1 atom stereocenters. The number of fused-ring (bicyclic) bond motifs is 3. The van der Waals surface area contributed by atoms with Crippen molar-refractivity contribution in [2.45, 2.75) is 45.1 Å². The molecule has 0 saturated heterocycles. The maximum atomic E-state index is 3.52. The van der Waals surface area contributed by atoms with Gasteiger partial charge in [0.2, 0.25) is 0 Å². The molecule has 3 aromatic rings. The van der Waals surface area contributed by atoms with Crippen LogP contribution >= 0.6 is 0 Å². The smallest absolute Gasteiger partial charge is 0.0560 e. The van der Waals surface area contributed by atoms with Crippen molar-refractivity contribution < 1.29 is 0 Å². The molecule has 5 rings (SSSR count). The summed E-state index contributed by atoms with van der Waals surface area (Å²) in [5.74, 6) is 0. The molecule has 0 amide bonds. The van der Waals surface area contributed by atoms with Gasteiger partial charge in [-0.2, -0.15) is 0 Å². The summed E-state index contributed by atoms with van der Waals surface area (Å²) in [4.78, 5) is 0. The first-order valence-electron chi connectivity index (χ1n) is 10.4. The van der Waals surface area contributed by atoms with Crippen LogP contribution in [0.3, 0.4) is 0 Å². The van der Waals surface area contributed by atoms with E-state index in [1.54, 1.807) is 11.3 Å². The first kappa shape index (κ1) is 16.8. The molecule has 0 bridgehead atoms. The lowest BCUT2D eigenvalue weighted by Gasteiger charge is -2.22. The Kier molecular flexibility index (Phi) is 4.37. The van der Waals surface area contributed by atoms with E-state index in [0.717, 1.165) is 19.5 Å². The summed E-state index contributed by atoms with van der Waals surface area (Å²) in [5.41, 5.74) is 8.83. The van der Waals surface area contributed by atoms with Crippen LogP contribution in [0.1, 0.15) is 54.6 Å². The molecular formula is C25H28N2. The highest BCUT2D eigenvalue weighted by atomic mass is 15.0. The van der Waals surface area contributed by atoms with Crippen molar-refractivity contribution in [2.75, 3.05) is 13.1 Å². The summed E-state index contributed by atoms with van der Waals surface area (Å²) < 4.78 is 2.62. The van der Waals surface area contributed by atoms with Crippen molar-refractivity contribution in [3.8, 4) is 0 Å². The van der Waals surface area contributed by atoms with Crippen LogP contribution < -0.4 is 5.32 Å². The van der Waals surface area contributed by atoms with Crippen LogP contribution in [0.25, 0.3) is 16.5 Å². The third kappa shape index (κ3) is 2.93. The number of nitrogens with one attached hydrogen (secondary N) is 1. The number of nitrogens with zero attached hydrogens (tertiary/aromatic N) is 1. The number of benzene rings is 2. The molecule has 0 unspecified atom stereocenters. The standard InChI is InChI=1S/C25H28N2/c1-18(19-8-3-2-4-9-19)27-24-12-6-5-11-22(24)23-16-20(13-14-25(23)27)21-10-7-15-26-17-21/h2-4,8-10,13-14,16,18,26H,5-7,11-12,15,17H2,1H3/t18-/m1/s1. The third-order valence-corrected chi connectivity index (χ3v) is 6.38. The number of hydrogen-bond acceptors (Lipinski definition) is 1. The fourth-order valence-electron chi connectivity index (χ4n) is 4.96. The molecule has 27 heavy (non-hydrogen) atoms. The first-order chi connectivity index (χ1) is 13.3. The van der Waals surface area contributed by atoms with Gasteiger partial charge >= 0.3 is 0 Å². The van der Waals surface area contributed by atoms with E-state index >= 15 is 0 Å². The summed E-state index contributed by atoms with van der Waals surface area (Å²) in [6.45, 7) is 4.45. The zero-order chi connectivity index (χ0) is 18.2. The molecule has 138 valence electrons. The van der Waals surface area contributed by atoms with E-state index in [9.17, 15) is 0 Å². The first-order valence-corrected chi connectivity index (χ1v) is 10.4. The monoisotopic (exact) mass is 356 g/mol. The molecule has 2 aliphatic rings. The van der Waals surface area contributed by atoms with E-state index < -0.39 is 0 Å². The second-order valence-electron chi connectivity index (χ2n) is 8.02. The quantitative estimate of drug-likeness (QED) is 0.655. The lowest BCUT2D eigenvalue weighted by atomic mass is 9.93. The van der Waals surface area contributed by atoms with Crippen molar-refractivity contribution in [3.63, 3.8) is 0 Å². The average molecular weight is 357 g/mol. The number of hydrogen-bond donors (Lipinski definition) is 1. The minimum Gasteiger partial charge on any atom is -0.337 e. The van der Waals surface area contributed by atoms with Gasteiger partial charge in [-0.05, 0) is 80.0 Å². The fourth-order valence-corrected chi connectivity index (χ4v) is 4.96. The van der Waals surface area contributed by atoms with Gasteiger partial charge in [-0.15, -0.1) is 0 Å². The molecule has 0 fully saturated rings. The summed E-state index contributed by atoms with van der Waals surface area (Å²) in [6, 6.07) is 18.5. The summed E-state index contributed by atoms with van der Waals surface area (Å²) in [7, 11) is 0. The molecule has 2 nitrogen and oxygen atoms in total. The molecule has 1 aromatic heterocycles. The average Bonchev–Trinajstić information content (AvgIpc) is 3.08. The predicted octanol–water partition coefficient (Wildman–Crippen LogP) is 5.51. The Hall–Kier alpha value is -2.32. The molecule has 0 radical (unpaired) electrons. The number of aromatic nitrogens is 1. The highest BCUT2D eigenvalue weighted by Crippen LogP contribution is 2.37. The van der Waals surface area contributed by atoms with Gasteiger partial charge in [0, 0.05) is 23.1 Å². The van der Waals surface area contributed by atoms with Crippen LogP contribution in [-0.4, -0.2) is 17.7 Å². The van der Waals surface area contributed by atoms with E-state index in [2.05, 4.69) is 71.4 Å². The Labute approximate surface area is 161 Å². The largest absolute Gasteiger partial charge is 0.337 e. The Balaban J connectivity index is 1.68. The topological polar surface area (TPSA) is 17.0 Å². The zero-order valence-corrected chi connectivity index (χ0v) is 16.2. The number of rotatable bonds is 3.